The first kappa shape index (κ1) is 17.8. The van der Waals surface area contributed by atoms with Crippen molar-refractivity contribution in [1.29, 1.82) is 0 Å². The fourth-order valence-electron chi connectivity index (χ4n) is 3.77. The summed E-state index contributed by atoms with van der Waals surface area (Å²) >= 11 is 0. The van der Waals surface area contributed by atoms with Crippen LogP contribution >= 0.6 is 0 Å². The number of aryl methyl sites for hydroxylation is 1. The highest BCUT2D eigenvalue weighted by Gasteiger charge is 2.19. The van der Waals surface area contributed by atoms with Crippen molar-refractivity contribution in [3.05, 3.63) is 77.4 Å². The summed E-state index contributed by atoms with van der Waals surface area (Å²) in [6, 6.07) is 19.5. The van der Waals surface area contributed by atoms with Gasteiger partial charge in [0, 0.05) is 17.5 Å². The Bertz CT molecular complexity index is 1210. The van der Waals surface area contributed by atoms with Gasteiger partial charge >= 0.3 is 0 Å². The predicted molar refractivity (Wildman–Crippen MR) is 110 cm³/mol. The average molecular weight is 372 g/mol. The molecule has 0 spiro atoms. The van der Waals surface area contributed by atoms with Gasteiger partial charge in [-0.15, -0.1) is 0 Å². The third-order valence-corrected chi connectivity index (χ3v) is 4.87. The van der Waals surface area contributed by atoms with Crippen molar-refractivity contribution < 1.29 is 14.3 Å². The summed E-state index contributed by atoms with van der Waals surface area (Å²) in [5.41, 5.74) is 10.3. The Labute approximate surface area is 162 Å². The molecule has 0 atom stereocenters. The molecule has 0 saturated heterocycles. The van der Waals surface area contributed by atoms with E-state index in [1.165, 1.54) is 5.56 Å². The number of aldehydes is 1. The highest BCUT2D eigenvalue weighted by molar-refractivity contribution is 6.19. The first-order valence-electron chi connectivity index (χ1n) is 9.06. The topological polar surface area (TPSA) is 74.3 Å². The molecule has 1 heterocycles. The molecule has 0 aliphatic heterocycles. The van der Waals surface area contributed by atoms with Crippen molar-refractivity contribution in [1.82, 2.24) is 4.57 Å². The van der Waals surface area contributed by atoms with Crippen molar-refractivity contribution in [2.75, 3.05) is 6.61 Å². The lowest BCUT2D eigenvalue weighted by Gasteiger charge is -2.09. The van der Waals surface area contributed by atoms with Crippen LogP contribution < -0.4 is 10.5 Å². The van der Waals surface area contributed by atoms with Crippen molar-refractivity contribution >= 4 is 34.0 Å². The van der Waals surface area contributed by atoms with Crippen LogP contribution in [0.4, 0.5) is 0 Å². The molecule has 1 amide bonds. The maximum Gasteiger partial charge on any atom is 0.249 e. The Morgan fingerprint density at radius 1 is 1.04 bits per heavy atom. The maximum atomic E-state index is 12.1. The van der Waals surface area contributed by atoms with Crippen molar-refractivity contribution in [3.8, 4) is 5.75 Å². The zero-order valence-corrected chi connectivity index (χ0v) is 15.5. The number of nitrogens with two attached hydrogens (primary N) is 1. The number of rotatable bonds is 6. The number of carbonyl (C=O) groups is 2. The number of amides is 1. The second-order valence-corrected chi connectivity index (χ2v) is 6.77. The smallest absolute Gasteiger partial charge is 0.249 e. The van der Waals surface area contributed by atoms with E-state index < -0.39 is 5.91 Å². The highest BCUT2D eigenvalue weighted by atomic mass is 16.5. The molecule has 0 bridgehead atoms. The van der Waals surface area contributed by atoms with E-state index in [9.17, 15) is 9.59 Å². The summed E-state index contributed by atoms with van der Waals surface area (Å²) in [4.78, 5) is 22.9. The number of primary amides is 1. The van der Waals surface area contributed by atoms with Crippen LogP contribution in [-0.2, 0) is 11.3 Å². The van der Waals surface area contributed by atoms with Crippen LogP contribution in [0.3, 0.4) is 0 Å². The van der Waals surface area contributed by atoms with Crippen LogP contribution in [0.5, 0.6) is 5.75 Å². The Morgan fingerprint density at radius 3 is 2.46 bits per heavy atom. The lowest BCUT2D eigenvalue weighted by molar-refractivity contribution is -0.109. The summed E-state index contributed by atoms with van der Waals surface area (Å²) in [6.45, 7) is 2.65. The van der Waals surface area contributed by atoms with Gasteiger partial charge in [0.05, 0.1) is 16.4 Å². The quantitative estimate of drug-likeness (QED) is 0.523. The minimum Gasteiger partial charge on any atom is -0.485 e. The molecule has 1 aromatic heterocycles. The molecule has 5 nitrogen and oxygen atoms in total. The predicted octanol–water partition coefficient (Wildman–Crippen LogP) is 3.83. The van der Waals surface area contributed by atoms with Gasteiger partial charge in [-0.3, -0.25) is 9.59 Å². The van der Waals surface area contributed by atoms with Crippen LogP contribution in [0.25, 0.3) is 21.8 Å². The van der Waals surface area contributed by atoms with E-state index >= 15 is 0 Å². The Kier molecular flexibility index (Phi) is 4.57. The Morgan fingerprint density at radius 2 is 1.75 bits per heavy atom. The van der Waals surface area contributed by atoms with Gasteiger partial charge in [0.2, 0.25) is 5.91 Å². The number of aromatic nitrogens is 1. The number of hydrogen-bond acceptors (Lipinski definition) is 3. The summed E-state index contributed by atoms with van der Waals surface area (Å²) in [6.07, 6.45) is 0.708. The molecule has 3 aromatic carbocycles. The molecule has 0 unspecified atom stereocenters. The molecule has 4 rings (SSSR count). The van der Waals surface area contributed by atoms with Crippen LogP contribution in [0.15, 0.2) is 60.7 Å². The van der Waals surface area contributed by atoms with E-state index in [4.69, 9.17) is 10.5 Å². The van der Waals surface area contributed by atoms with E-state index in [-0.39, 0.29) is 6.61 Å². The third kappa shape index (κ3) is 3.01. The fraction of sp³-hybridized carbons (Fsp3) is 0.130. The molecule has 5 heteroatoms. The van der Waals surface area contributed by atoms with Crippen LogP contribution in [0.1, 0.15) is 21.5 Å². The molecule has 28 heavy (non-hydrogen) atoms. The van der Waals surface area contributed by atoms with E-state index in [1.54, 1.807) is 12.1 Å². The largest absolute Gasteiger partial charge is 0.485 e. The molecule has 0 aliphatic carbocycles. The number of benzene rings is 3. The van der Waals surface area contributed by atoms with Crippen LogP contribution in [-0.4, -0.2) is 23.4 Å². The summed E-state index contributed by atoms with van der Waals surface area (Å²) in [7, 11) is 0. The lowest BCUT2D eigenvalue weighted by Crippen LogP contribution is -2.11. The molecule has 0 fully saturated rings. The number of ether oxygens (including phenoxy) is 1. The Hall–Kier alpha value is -3.60. The van der Waals surface area contributed by atoms with Crippen molar-refractivity contribution in [3.63, 3.8) is 0 Å². The number of carbonyl (C=O) groups excluding carboxylic acids is 2. The maximum absolute atomic E-state index is 12.1. The van der Waals surface area contributed by atoms with Gasteiger partial charge < -0.3 is 15.0 Å². The summed E-state index contributed by atoms with van der Waals surface area (Å²) in [5, 5.41) is 1.54. The van der Waals surface area contributed by atoms with Gasteiger partial charge in [0.1, 0.15) is 12.4 Å². The monoisotopic (exact) mass is 372 g/mol. The second kappa shape index (κ2) is 7.19. The molecule has 0 aliphatic rings. The average Bonchev–Trinajstić information content (AvgIpc) is 3.01. The van der Waals surface area contributed by atoms with Gasteiger partial charge in [-0.05, 0) is 36.8 Å². The number of hydrogen-bond donors (Lipinski definition) is 1. The molecule has 140 valence electrons. The SMILES string of the molecule is Cc1cccc(Cn2c3cccc(OCC=O)c3c3c(C(N)=O)cccc32)c1. The van der Waals surface area contributed by atoms with Gasteiger partial charge in [0.25, 0.3) is 0 Å². The van der Waals surface area contributed by atoms with Crippen molar-refractivity contribution in [2.45, 2.75) is 13.5 Å². The molecular formula is C23H20N2O3. The van der Waals surface area contributed by atoms with Gasteiger partial charge in [-0.1, -0.05) is 42.0 Å². The molecule has 4 aromatic rings. The molecular weight excluding hydrogens is 352 g/mol. The normalized spacial score (nSPS) is 11.0. The Balaban J connectivity index is 2.04. The first-order valence-corrected chi connectivity index (χ1v) is 9.06. The minimum atomic E-state index is -0.495. The third-order valence-electron chi connectivity index (χ3n) is 4.87. The highest BCUT2D eigenvalue weighted by Crippen LogP contribution is 2.38. The van der Waals surface area contributed by atoms with E-state index in [0.717, 1.165) is 27.4 Å². The lowest BCUT2D eigenvalue weighted by atomic mass is 10.1. The van der Waals surface area contributed by atoms with E-state index in [0.29, 0.717) is 24.1 Å². The van der Waals surface area contributed by atoms with Crippen LogP contribution in [0.2, 0.25) is 0 Å². The fourth-order valence-corrected chi connectivity index (χ4v) is 3.77. The van der Waals surface area contributed by atoms with Gasteiger partial charge in [-0.25, -0.2) is 0 Å². The summed E-state index contributed by atoms with van der Waals surface area (Å²) in [5.74, 6) is 0.0664. The van der Waals surface area contributed by atoms with Gasteiger partial charge in [-0.2, -0.15) is 0 Å². The standard InChI is InChI=1S/C23H20N2O3/c1-15-5-2-6-16(13-15)14-25-18-8-3-7-17(23(24)27)21(18)22-19(25)9-4-10-20(22)28-12-11-26/h2-11,13H,12,14H2,1H3,(H2,24,27). The zero-order chi connectivity index (χ0) is 19.7. The number of nitrogens with zero attached hydrogens (tertiary/aromatic N) is 1. The van der Waals surface area contributed by atoms with Crippen LogP contribution in [0, 0.1) is 6.92 Å². The molecule has 2 N–H and O–H groups in total. The van der Waals surface area contributed by atoms with E-state index in [2.05, 4.69) is 29.7 Å². The first-order chi connectivity index (χ1) is 13.6. The number of fused-ring (bicyclic) bond motifs is 3. The molecule has 0 radical (unpaired) electrons. The zero-order valence-electron chi connectivity index (χ0n) is 15.5. The second-order valence-electron chi connectivity index (χ2n) is 6.77. The molecule has 0 saturated carbocycles. The summed E-state index contributed by atoms with van der Waals surface area (Å²) < 4.78 is 7.81. The van der Waals surface area contributed by atoms with E-state index in [1.807, 2.05) is 30.3 Å². The van der Waals surface area contributed by atoms with Crippen molar-refractivity contribution in [2.24, 2.45) is 5.73 Å². The minimum absolute atomic E-state index is 0.0532. The van der Waals surface area contributed by atoms with Gasteiger partial charge in [0.15, 0.2) is 6.29 Å².